The van der Waals surface area contributed by atoms with Crippen LogP contribution in [0.15, 0.2) is 72.8 Å². The molecule has 0 unspecified atom stereocenters. The van der Waals surface area contributed by atoms with Crippen molar-refractivity contribution in [3.8, 4) is 11.5 Å². The minimum absolute atomic E-state index is 0.0409. The maximum atomic E-state index is 12.1. The lowest BCUT2D eigenvalue weighted by Crippen LogP contribution is -2.21. The average Bonchev–Trinajstić information content (AvgIpc) is 2.84. The van der Waals surface area contributed by atoms with Gasteiger partial charge in [-0.3, -0.25) is 24.5 Å². The molecule has 186 valence electrons. The lowest BCUT2D eigenvalue weighted by Gasteiger charge is -2.09. The zero-order valence-electron chi connectivity index (χ0n) is 19.6. The van der Waals surface area contributed by atoms with E-state index in [-0.39, 0.29) is 36.5 Å². The van der Waals surface area contributed by atoms with Crippen LogP contribution in [0.4, 0.5) is 17.1 Å². The summed E-state index contributed by atoms with van der Waals surface area (Å²) in [5, 5.41) is 15.9. The van der Waals surface area contributed by atoms with Crippen LogP contribution in [-0.4, -0.2) is 29.3 Å². The number of nitrogens with one attached hydrogen (secondary N) is 2. The summed E-state index contributed by atoms with van der Waals surface area (Å²) >= 11 is 0. The van der Waals surface area contributed by atoms with Gasteiger partial charge in [0, 0.05) is 36.3 Å². The fraction of sp³-hybridized carbons (Fsp3) is 0.192. The van der Waals surface area contributed by atoms with Gasteiger partial charge in [-0.15, -0.1) is 0 Å². The Morgan fingerprint density at radius 3 is 2.28 bits per heavy atom. The topological polar surface area (TPSA) is 137 Å². The second kappa shape index (κ2) is 12.7. The lowest BCUT2D eigenvalue weighted by atomic mass is 10.2. The third-order valence-corrected chi connectivity index (χ3v) is 4.85. The molecular weight excluding hydrogens is 466 g/mol. The van der Waals surface area contributed by atoms with Crippen LogP contribution in [0.3, 0.4) is 0 Å². The van der Waals surface area contributed by atoms with Crippen molar-refractivity contribution in [3.63, 3.8) is 0 Å². The molecule has 0 aliphatic rings. The van der Waals surface area contributed by atoms with Crippen LogP contribution >= 0.6 is 0 Å². The molecule has 0 aliphatic heterocycles. The van der Waals surface area contributed by atoms with Gasteiger partial charge in [0.25, 0.3) is 11.6 Å². The summed E-state index contributed by atoms with van der Waals surface area (Å²) in [5.41, 5.74) is 1.73. The van der Waals surface area contributed by atoms with E-state index in [2.05, 4.69) is 10.6 Å². The fourth-order valence-electron chi connectivity index (χ4n) is 3.15. The number of anilines is 2. The number of non-ortho nitro benzene ring substituents is 1. The standard InChI is InChI=1S/C26H25N3O7/c1-18-5-2-8-23(15-18)36-22-13-11-19(12-14-22)27-24(30)9-4-10-26(32)35-17-25(31)28-20-6-3-7-21(16-20)29(33)34/h2-3,5-8,11-16H,4,9-10,17H2,1H3,(H,27,30)(H,28,31). The molecule has 3 aromatic rings. The van der Waals surface area contributed by atoms with Crippen LogP contribution < -0.4 is 15.4 Å². The lowest BCUT2D eigenvalue weighted by molar-refractivity contribution is -0.384. The molecule has 0 aromatic heterocycles. The summed E-state index contributed by atoms with van der Waals surface area (Å²) in [5.74, 6) is -0.166. The van der Waals surface area contributed by atoms with Crippen molar-refractivity contribution in [2.24, 2.45) is 0 Å². The van der Waals surface area contributed by atoms with Gasteiger partial charge in [-0.05, 0) is 61.4 Å². The SMILES string of the molecule is Cc1cccc(Oc2ccc(NC(=O)CCCC(=O)OCC(=O)Nc3cccc([N+](=O)[O-])c3)cc2)c1. The van der Waals surface area contributed by atoms with Crippen LogP contribution in [0.1, 0.15) is 24.8 Å². The number of esters is 1. The minimum atomic E-state index is -0.630. The number of nitrogens with zero attached hydrogens (tertiary/aromatic N) is 1. The Morgan fingerprint density at radius 1 is 0.833 bits per heavy atom. The van der Waals surface area contributed by atoms with Crippen molar-refractivity contribution in [1.29, 1.82) is 0 Å². The molecule has 36 heavy (non-hydrogen) atoms. The minimum Gasteiger partial charge on any atom is -0.457 e. The second-order valence-corrected chi connectivity index (χ2v) is 7.86. The van der Waals surface area contributed by atoms with Crippen molar-refractivity contribution >= 4 is 34.8 Å². The first-order chi connectivity index (χ1) is 17.3. The molecule has 0 spiro atoms. The number of carbonyl (C=O) groups is 3. The van der Waals surface area contributed by atoms with E-state index >= 15 is 0 Å². The number of carbonyl (C=O) groups excluding carboxylic acids is 3. The highest BCUT2D eigenvalue weighted by atomic mass is 16.6. The predicted octanol–water partition coefficient (Wildman–Crippen LogP) is 4.99. The van der Waals surface area contributed by atoms with Crippen LogP contribution in [-0.2, 0) is 19.1 Å². The van der Waals surface area contributed by atoms with E-state index in [4.69, 9.17) is 9.47 Å². The molecule has 0 saturated carbocycles. The zero-order valence-corrected chi connectivity index (χ0v) is 19.6. The van der Waals surface area contributed by atoms with Gasteiger partial charge in [-0.2, -0.15) is 0 Å². The molecule has 10 nitrogen and oxygen atoms in total. The number of amides is 2. The summed E-state index contributed by atoms with van der Waals surface area (Å²) in [6.07, 6.45) is 0.295. The summed E-state index contributed by atoms with van der Waals surface area (Å²) in [7, 11) is 0. The number of nitro benzene ring substituents is 1. The molecule has 2 amide bonds. The molecule has 0 bridgehead atoms. The Morgan fingerprint density at radius 2 is 1.56 bits per heavy atom. The van der Waals surface area contributed by atoms with Crippen molar-refractivity contribution < 1.29 is 28.8 Å². The predicted molar refractivity (Wildman–Crippen MR) is 133 cm³/mol. The molecule has 3 rings (SSSR count). The number of hydrogen-bond donors (Lipinski definition) is 2. The Hall–Kier alpha value is -4.73. The zero-order chi connectivity index (χ0) is 25.9. The number of benzene rings is 3. The summed E-state index contributed by atoms with van der Waals surface area (Å²) < 4.78 is 10.7. The van der Waals surface area contributed by atoms with E-state index in [0.717, 1.165) is 11.3 Å². The largest absolute Gasteiger partial charge is 0.457 e. The molecule has 3 aromatic carbocycles. The highest BCUT2D eigenvalue weighted by molar-refractivity contribution is 5.93. The molecule has 0 aliphatic carbocycles. The van der Waals surface area contributed by atoms with E-state index in [0.29, 0.717) is 11.4 Å². The number of hydrogen-bond acceptors (Lipinski definition) is 7. The molecule has 10 heteroatoms. The first-order valence-electron chi connectivity index (χ1n) is 11.1. The van der Waals surface area contributed by atoms with Gasteiger partial charge in [0.15, 0.2) is 6.61 Å². The third kappa shape index (κ3) is 8.56. The van der Waals surface area contributed by atoms with Crippen molar-refractivity contribution in [1.82, 2.24) is 0 Å². The Labute approximate surface area is 207 Å². The molecule has 0 heterocycles. The third-order valence-electron chi connectivity index (χ3n) is 4.85. The molecule has 0 saturated heterocycles. The maximum absolute atomic E-state index is 12.1. The fourth-order valence-corrected chi connectivity index (χ4v) is 3.15. The summed E-state index contributed by atoms with van der Waals surface area (Å²) in [6.45, 7) is 1.44. The average molecular weight is 492 g/mol. The van der Waals surface area contributed by atoms with E-state index < -0.39 is 23.4 Å². The van der Waals surface area contributed by atoms with E-state index in [1.54, 1.807) is 24.3 Å². The van der Waals surface area contributed by atoms with Crippen molar-refractivity contribution in [2.75, 3.05) is 17.2 Å². The Balaban J connectivity index is 1.33. The molecule has 0 fully saturated rings. The van der Waals surface area contributed by atoms with Gasteiger partial charge in [0.05, 0.1) is 4.92 Å². The highest BCUT2D eigenvalue weighted by Crippen LogP contribution is 2.24. The van der Waals surface area contributed by atoms with Crippen LogP contribution in [0.25, 0.3) is 0 Å². The van der Waals surface area contributed by atoms with E-state index in [9.17, 15) is 24.5 Å². The molecule has 0 atom stereocenters. The second-order valence-electron chi connectivity index (χ2n) is 7.86. The quantitative estimate of drug-likeness (QED) is 0.219. The number of rotatable bonds is 11. The highest BCUT2D eigenvalue weighted by Gasteiger charge is 2.12. The first kappa shape index (κ1) is 25.9. The normalized spacial score (nSPS) is 10.2. The van der Waals surface area contributed by atoms with Gasteiger partial charge < -0.3 is 20.1 Å². The number of ether oxygens (including phenoxy) is 2. The summed E-state index contributed by atoms with van der Waals surface area (Å²) in [6, 6.07) is 20.0. The van der Waals surface area contributed by atoms with Gasteiger partial charge in [0.1, 0.15) is 11.5 Å². The van der Waals surface area contributed by atoms with Crippen molar-refractivity contribution in [2.45, 2.75) is 26.2 Å². The van der Waals surface area contributed by atoms with E-state index in [1.165, 1.54) is 24.3 Å². The van der Waals surface area contributed by atoms with Gasteiger partial charge in [-0.1, -0.05) is 18.2 Å². The van der Waals surface area contributed by atoms with Crippen LogP contribution in [0.5, 0.6) is 11.5 Å². The summed E-state index contributed by atoms with van der Waals surface area (Å²) in [4.78, 5) is 46.1. The van der Waals surface area contributed by atoms with Gasteiger partial charge >= 0.3 is 5.97 Å². The number of aryl methyl sites for hydroxylation is 1. The van der Waals surface area contributed by atoms with E-state index in [1.807, 2.05) is 31.2 Å². The Bertz CT molecular complexity index is 1240. The maximum Gasteiger partial charge on any atom is 0.306 e. The van der Waals surface area contributed by atoms with Crippen molar-refractivity contribution in [3.05, 3.63) is 88.5 Å². The van der Waals surface area contributed by atoms with Crippen LogP contribution in [0, 0.1) is 17.0 Å². The van der Waals surface area contributed by atoms with Crippen LogP contribution in [0.2, 0.25) is 0 Å². The smallest absolute Gasteiger partial charge is 0.306 e. The monoisotopic (exact) mass is 491 g/mol. The molecule has 0 radical (unpaired) electrons. The molecule has 2 N–H and O–H groups in total. The van der Waals surface area contributed by atoms with Gasteiger partial charge in [0.2, 0.25) is 5.91 Å². The number of nitro groups is 1. The molecular formula is C26H25N3O7. The first-order valence-corrected chi connectivity index (χ1v) is 11.1. The Kier molecular flexibility index (Phi) is 9.10. The van der Waals surface area contributed by atoms with Gasteiger partial charge in [-0.25, -0.2) is 0 Å².